The summed E-state index contributed by atoms with van der Waals surface area (Å²) in [4.78, 5) is 31.5. The summed E-state index contributed by atoms with van der Waals surface area (Å²) in [6.45, 7) is 8.15. The number of allylic oxidation sites excluding steroid dienone is 2. The number of H-pyrrole nitrogens is 1. The monoisotopic (exact) mass is 441 g/mol. The van der Waals surface area contributed by atoms with Crippen molar-refractivity contribution in [2.45, 2.75) is 66.0 Å². The first-order chi connectivity index (χ1) is 14.7. The predicted molar refractivity (Wildman–Crippen MR) is 130 cm³/mol. The number of rotatable bonds is 6. The summed E-state index contributed by atoms with van der Waals surface area (Å²) in [6, 6.07) is 2.61. The number of carbonyl (C=O) groups excluding carboxylic acids is 1. The van der Waals surface area contributed by atoms with Crippen LogP contribution in [0.2, 0.25) is 0 Å². The highest BCUT2D eigenvalue weighted by molar-refractivity contribution is 7.11. The zero-order chi connectivity index (χ0) is 22.7. The van der Waals surface area contributed by atoms with Gasteiger partial charge < -0.3 is 15.2 Å². The van der Waals surface area contributed by atoms with Crippen molar-refractivity contribution in [3.8, 4) is 0 Å². The first-order valence-electron chi connectivity index (χ1n) is 11.1. The quantitative estimate of drug-likeness (QED) is 0.676. The molecule has 1 amide bonds. The van der Waals surface area contributed by atoms with Crippen LogP contribution in [0.15, 0.2) is 22.3 Å². The minimum absolute atomic E-state index is 0.119. The van der Waals surface area contributed by atoms with Crippen LogP contribution in [0.1, 0.15) is 70.2 Å². The van der Waals surface area contributed by atoms with E-state index < -0.39 is 0 Å². The minimum atomic E-state index is -0.134. The van der Waals surface area contributed by atoms with Gasteiger partial charge in [0, 0.05) is 34.1 Å². The smallest absolute Gasteiger partial charge is 0.253 e. The van der Waals surface area contributed by atoms with Crippen LogP contribution in [0.5, 0.6) is 0 Å². The molecule has 5 nitrogen and oxygen atoms in total. The Morgan fingerprint density at radius 2 is 1.90 bits per heavy atom. The number of aromatic nitrogens is 1. The van der Waals surface area contributed by atoms with E-state index in [0.717, 1.165) is 16.8 Å². The standard InChI is InChI=1S/C25H35N3O2S/c1-7-20(18-8-10-19(11-9-18)28(5)6)23-17(4)22(14-31-23)24(29)26-13-21-15(2)12-16(3)27-25(21)30/h7,12,14,18-19H,8-11,13H2,1-6H3,(H,26,29)(H,27,30)/b20-7+/t18-,19-. The van der Waals surface area contributed by atoms with Crippen molar-refractivity contribution in [1.29, 1.82) is 0 Å². The highest BCUT2D eigenvalue weighted by atomic mass is 32.1. The van der Waals surface area contributed by atoms with Crippen LogP contribution in [0.25, 0.3) is 5.57 Å². The molecule has 1 fully saturated rings. The second-order valence-electron chi connectivity index (χ2n) is 8.94. The molecule has 2 heterocycles. The van der Waals surface area contributed by atoms with E-state index in [1.807, 2.05) is 32.2 Å². The molecular weight excluding hydrogens is 406 g/mol. The molecule has 1 saturated carbocycles. The van der Waals surface area contributed by atoms with Crippen LogP contribution >= 0.6 is 11.3 Å². The molecule has 0 radical (unpaired) electrons. The third-order valence-electron chi connectivity index (χ3n) is 6.64. The molecule has 0 spiro atoms. The number of thiophene rings is 1. The number of nitrogens with one attached hydrogen (secondary N) is 2. The van der Waals surface area contributed by atoms with Gasteiger partial charge in [-0.1, -0.05) is 6.08 Å². The van der Waals surface area contributed by atoms with Crippen molar-refractivity contribution in [1.82, 2.24) is 15.2 Å². The number of aryl methyl sites for hydroxylation is 2. The summed E-state index contributed by atoms with van der Waals surface area (Å²) in [5.41, 5.74) is 5.33. The molecule has 2 aromatic rings. The molecule has 0 saturated heterocycles. The lowest BCUT2D eigenvalue weighted by Crippen LogP contribution is -2.32. The van der Waals surface area contributed by atoms with Gasteiger partial charge in [-0.15, -0.1) is 11.3 Å². The van der Waals surface area contributed by atoms with Crippen molar-refractivity contribution < 1.29 is 4.79 Å². The number of aromatic amines is 1. The molecule has 0 aromatic carbocycles. The number of amides is 1. The van der Waals surface area contributed by atoms with Gasteiger partial charge in [-0.2, -0.15) is 0 Å². The van der Waals surface area contributed by atoms with Gasteiger partial charge in [0.1, 0.15) is 0 Å². The summed E-state index contributed by atoms with van der Waals surface area (Å²) in [5.74, 6) is 0.439. The first-order valence-corrected chi connectivity index (χ1v) is 12.0. The maximum absolute atomic E-state index is 12.9. The van der Waals surface area contributed by atoms with Crippen LogP contribution in [0.4, 0.5) is 0 Å². The minimum Gasteiger partial charge on any atom is -0.348 e. The van der Waals surface area contributed by atoms with Crippen molar-refractivity contribution >= 4 is 22.8 Å². The van der Waals surface area contributed by atoms with E-state index in [1.54, 1.807) is 11.3 Å². The largest absolute Gasteiger partial charge is 0.348 e. The zero-order valence-corrected chi connectivity index (χ0v) is 20.4. The highest BCUT2D eigenvalue weighted by Crippen LogP contribution is 2.40. The molecule has 0 aliphatic heterocycles. The van der Waals surface area contributed by atoms with E-state index in [9.17, 15) is 9.59 Å². The fraction of sp³-hybridized carbons (Fsp3) is 0.520. The fourth-order valence-corrected chi connectivity index (χ4v) is 5.97. The molecule has 31 heavy (non-hydrogen) atoms. The summed E-state index contributed by atoms with van der Waals surface area (Å²) in [6.07, 6.45) is 7.05. The Bertz CT molecular complexity index is 1020. The van der Waals surface area contributed by atoms with Gasteiger partial charge >= 0.3 is 0 Å². The number of carbonyl (C=O) groups is 1. The average Bonchev–Trinajstić information content (AvgIpc) is 3.09. The second-order valence-corrected chi connectivity index (χ2v) is 9.82. The first kappa shape index (κ1) is 23.5. The van der Waals surface area contributed by atoms with E-state index in [1.165, 1.54) is 36.1 Å². The lowest BCUT2D eigenvalue weighted by molar-refractivity contribution is 0.0950. The summed E-state index contributed by atoms with van der Waals surface area (Å²) in [5, 5.41) is 4.91. The summed E-state index contributed by atoms with van der Waals surface area (Å²) < 4.78 is 0. The van der Waals surface area contributed by atoms with Gasteiger partial charge in [-0.25, -0.2) is 0 Å². The molecule has 0 unspecified atom stereocenters. The number of nitrogens with zero attached hydrogens (tertiary/aromatic N) is 1. The lowest BCUT2D eigenvalue weighted by atomic mass is 9.80. The van der Waals surface area contributed by atoms with Crippen molar-refractivity contribution in [2.75, 3.05) is 14.1 Å². The molecule has 2 N–H and O–H groups in total. The van der Waals surface area contributed by atoms with E-state index in [-0.39, 0.29) is 18.0 Å². The van der Waals surface area contributed by atoms with Crippen LogP contribution < -0.4 is 10.9 Å². The SMILES string of the molecule is C/C=C(/c1scc(C(=O)NCc2c(C)cc(C)[nH]c2=O)c1C)[C@H]1CC[C@H](N(C)C)CC1. The van der Waals surface area contributed by atoms with Gasteiger partial charge in [-0.05, 0) is 96.2 Å². The maximum atomic E-state index is 12.9. The predicted octanol–water partition coefficient (Wildman–Crippen LogP) is 4.82. The Balaban J connectivity index is 1.72. The number of hydrogen-bond acceptors (Lipinski definition) is 4. The molecule has 1 aliphatic rings. The zero-order valence-electron chi connectivity index (χ0n) is 19.6. The fourth-order valence-electron chi connectivity index (χ4n) is 4.75. The highest BCUT2D eigenvalue weighted by Gasteiger charge is 2.27. The molecule has 6 heteroatoms. The maximum Gasteiger partial charge on any atom is 0.253 e. The Hall–Kier alpha value is -2.18. The Morgan fingerprint density at radius 1 is 1.23 bits per heavy atom. The van der Waals surface area contributed by atoms with E-state index in [4.69, 9.17) is 0 Å². The summed E-state index contributed by atoms with van der Waals surface area (Å²) >= 11 is 1.66. The van der Waals surface area contributed by atoms with Gasteiger partial charge in [0.15, 0.2) is 0 Å². The molecule has 168 valence electrons. The number of hydrogen-bond donors (Lipinski definition) is 2. The Labute approximate surface area is 189 Å². The molecule has 1 aliphatic carbocycles. The van der Waals surface area contributed by atoms with Crippen LogP contribution in [-0.2, 0) is 6.54 Å². The normalized spacial score (nSPS) is 19.6. The van der Waals surface area contributed by atoms with Crippen LogP contribution in [0, 0.1) is 26.7 Å². The number of pyridine rings is 1. The topological polar surface area (TPSA) is 65.2 Å². The van der Waals surface area contributed by atoms with Crippen LogP contribution in [0.3, 0.4) is 0 Å². The second kappa shape index (κ2) is 9.96. The van der Waals surface area contributed by atoms with E-state index >= 15 is 0 Å². The molecular formula is C25H35N3O2S. The van der Waals surface area contributed by atoms with Gasteiger partial charge in [0.25, 0.3) is 11.5 Å². The van der Waals surface area contributed by atoms with E-state index in [2.05, 4.69) is 42.3 Å². The van der Waals surface area contributed by atoms with Gasteiger partial charge in [-0.3, -0.25) is 9.59 Å². The molecule has 0 bridgehead atoms. The van der Waals surface area contributed by atoms with Crippen molar-refractivity contribution in [3.63, 3.8) is 0 Å². The average molecular weight is 442 g/mol. The third kappa shape index (κ3) is 5.18. The third-order valence-corrected chi connectivity index (χ3v) is 7.77. The van der Waals surface area contributed by atoms with E-state index in [0.29, 0.717) is 23.1 Å². The van der Waals surface area contributed by atoms with Gasteiger partial charge in [0.2, 0.25) is 0 Å². The Kier molecular flexibility index (Phi) is 7.55. The lowest BCUT2D eigenvalue weighted by Gasteiger charge is -2.33. The summed E-state index contributed by atoms with van der Waals surface area (Å²) in [7, 11) is 4.34. The van der Waals surface area contributed by atoms with Crippen molar-refractivity contribution in [3.05, 3.63) is 60.7 Å². The molecule has 3 rings (SSSR count). The molecule has 0 atom stereocenters. The Morgan fingerprint density at radius 3 is 2.48 bits per heavy atom. The van der Waals surface area contributed by atoms with Crippen molar-refractivity contribution in [2.24, 2.45) is 5.92 Å². The van der Waals surface area contributed by atoms with Crippen LogP contribution in [-0.4, -0.2) is 35.9 Å². The molecule has 2 aromatic heterocycles. The van der Waals surface area contributed by atoms with Gasteiger partial charge in [0.05, 0.1) is 5.56 Å².